The molecule has 0 aliphatic rings. The van der Waals surface area contributed by atoms with Crippen LogP contribution in [0.5, 0.6) is 0 Å². The molecule has 0 spiro atoms. The molecule has 2 heterocycles. The monoisotopic (exact) mass is 394 g/mol. The van der Waals surface area contributed by atoms with Gasteiger partial charge in [0.2, 0.25) is 5.91 Å². The van der Waals surface area contributed by atoms with E-state index in [0.717, 1.165) is 33.1 Å². The number of carbonyl (C=O) groups is 1. The van der Waals surface area contributed by atoms with Crippen molar-refractivity contribution in [1.82, 2.24) is 9.97 Å². The van der Waals surface area contributed by atoms with Gasteiger partial charge in [0.15, 0.2) is 0 Å². The summed E-state index contributed by atoms with van der Waals surface area (Å²) in [6.45, 7) is 5.78. The Morgan fingerprint density at radius 1 is 1.22 bits per heavy atom. The zero-order chi connectivity index (χ0) is 19.4. The number of carbonyl (C=O) groups excluding carboxylic acids is 1. The average Bonchev–Trinajstić information content (AvgIpc) is 3.20. The van der Waals surface area contributed by atoms with Crippen LogP contribution in [0.15, 0.2) is 40.9 Å². The molecule has 0 fully saturated rings. The van der Waals surface area contributed by atoms with E-state index in [0.29, 0.717) is 10.6 Å². The van der Waals surface area contributed by atoms with E-state index < -0.39 is 0 Å². The van der Waals surface area contributed by atoms with Crippen molar-refractivity contribution in [3.05, 3.63) is 58.2 Å². The van der Waals surface area contributed by atoms with Crippen molar-refractivity contribution in [2.45, 2.75) is 25.8 Å². The fraction of sp³-hybridized carbons (Fsp3) is 0.200. The first-order chi connectivity index (χ1) is 13.0. The van der Waals surface area contributed by atoms with E-state index in [1.807, 2.05) is 50.4 Å². The summed E-state index contributed by atoms with van der Waals surface area (Å²) in [5.74, 6) is 0.0567. The molecule has 0 bridgehead atoms. The second-order valence-electron chi connectivity index (χ2n) is 5.99. The van der Waals surface area contributed by atoms with E-state index in [9.17, 15) is 10.1 Å². The molecule has 0 radical (unpaired) electrons. The minimum Gasteiger partial charge on any atom is -0.325 e. The Hall–Kier alpha value is -2.69. The Bertz CT molecular complexity index is 1010. The number of nitrogens with zero attached hydrogens (tertiary/aromatic N) is 3. The smallest absolute Gasteiger partial charge is 0.234 e. The van der Waals surface area contributed by atoms with Crippen LogP contribution < -0.4 is 5.32 Å². The van der Waals surface area contributed by atoms with Gasteiger partial charge in [-0.3, -0.25) is 4.79 Å². The fourth-order valence-corrected chi connectivity index (χ4v) is 4.07. The number of pyridine rings is 1. The Morgan fingerprint density at radius 3 is 2.59 bits per heavy atom. The highest BCUT2D eigenvalue weighted by Crippen LogP contribution is 2.27. The van der Waals surface area contributed by atoms with E-state index in [4.69, 9.17) is 0 Å². The van der Waals surface area contributed by atoms with Crippen LogP contribution in [0.2, 0.25) is 0 Å². The van der Waals surface area contributed by atoms with Crippen molar-refractivity contribution in [2.24, 2.45) is 0 Å². The van der Waals surface area contributed by atoms with Crippen LogP contribution in [0.3, 0.4) is 0 Å². The van der Waals surface area contributed by atoms with Gasteiger partial charge in [-0.15, -0.1) is 11.3 Å². The molecule has 0 saturated carbocycles. The number of thiazole rings is 1. The highest BCUT2D eigenvalue weighted by Gasteiger charge is 2.14. The number of rotatable bonds is 5. The van der Waals surface area contributed by atoms with Crippen LogP contribution >= 0.6 is 23.1 Å². The van der Waals surface area contributed by atoms with Gasteiger partial charge in [-0.2, -0.15) is 5.26 Å². The summed E-state index contributed by atoms with van der Waals surface area (Å²) in [5, 5.41) is 15.8. The van der Waals surface area contributed by atoms with E-state index in [-0.39, 0.29) is 11.7 Å². The Kier molecular flexibility index (Phi) is 5.89. The van der Waals surface area contributed by atoms with Crippen molar-refractivity contribution < 1.29 is 4.79 Å². The summed E-state index contributed by atoms with van der Waals surface area (Å²) >= 11 is 2.86. The van der Waals surface area contributed by atoms with Crippen LogP contribution in [0, 0.1) is 32.1 Å². The van der Waals surface area contributed by atoms with Gasteiger partial charge < -0.3 is 5.32 Å². The number of hydrogen-bond acceptors (Lipinski definition) is 6. The topological polar surface area (TPSA) is 78.7 Å². The minimum absolute atomic E-state index is 0.136. The van der Waals surface area contributed by atoms with Gasteiger partial charge in [0.05, 0.1) is 11.3 Å². The maximum Gasteiger partial charge on any atom is 0.234 e. The quantitative estimate of drug-likeness (QED) is 0.633. The number of thioether (sulfide) groups is 1. The standard InChI is InChI=1S/C20H18N4OS2/c1-12-13(2)17(10-21)20(23-14(12)3)27-11-18(25)24-16-6-4-15(5-7-16)19-22-8-9-26-19/h4-9H,11H2,1-3H3,(H,24,25). The molecule has 1 amide bonds. The summed E-state index contributed by atoms with van der Waals surface area (Å²) in [4.78, 5) is 21.0. The van der Waals surface area contributed by atoms with Crippen LogP contribution in [0.4, 0.5) is 5.69 Å². The predicted molar refractivity (Wildman–Crippen MR) is 110 cm³/mol. The van der Waals surface area contributed by atoms with Crippen molar-refractivity contribution in [3.63, 3.8) is 0 Å². The number of hydrogen-bond donors (Lipinski definition) is 1. The lowest BCUT2D eigenvalue weighted by Gasteiger charge is -2.11. The summed E-state index contributed by atoms with van der Waals surface area (Å²) in [7, 11) is 0. The van der Waals surface area contributed by atoms with Crippen LogP contribution in [-0.2, 0) is 4.79 Å². The summed E-state index contributed by atoms with van der Waals surface area (Å²) in [6, 6.07) is 9.79. The van der Waals surface area contributed by atoms with E-state index in [1.165, 1.54) is 11.8 Å². The number of anilines is 1. The molecule has 0 unspecified atom stereocenters. The number of nitriles is 1. The van der Waals surface area contributed by atoms with E-state index in [1.54, 1.807) is 17.5 Å². The molecule has 0 aliphatic heterocycles. The Labute approximate surface area is 166 Å². The molecule has 5 nitrogen and oxygen atoms in total. The molecule has 3 rings (SSSR count). The molecule has 3 aromatic rings. The van der Waals surface area contributed by atoms with E-state index >= 15 is 0 Å². The van der Waals surface area contributed by atoms with Crippen molar-refractivity contribution in [2.75, 3.05) is 11.1 Å². The fourth-order valence-electron chi connectivity index (χ4n) is 2.54. The predicted octanol–water partition coefficient (Wildman–Crippen LogP) is 4.73. The second-order valence-corrected chi connectivity index (χ2v) is 7.85. The third-order valence-corrected chi connectivity index (χ3v) is 6.06. The van der Waals surface area contributed by atoms with Crippen molar-refractivity contribution >= 4 is 34.7 Å². The first-order valence-electron chi connectivity index (χ1n) is 8.30. The third-order valence-electron chi connectivity index (χ3n) is 4.26. The molecule has 1 aromatic carbocycles. The number of aryl methyl sites for hydroxylation is 1. The third kappa shape index (κ3) is 4.35. The Balaban J connectivity index is 1.65. The lowest BCUT2D eigenvalue weighted by atomic mass is 10.1. The largest absolute Gasteiger partial charge is 0.325 e. The Morgan fingerprint density at radius 2 is 1.96 bits per heavy atom. The SMILES string of the molecule is Cc1nc(SCC(=O)Nc2ccc(-c3nccs3)cc2)c(C#N)c(C)c1C. The van der Waals surface area contributed by atoms with Gasteiger partial charge in [-0.25, -0.2) is 9.97 Å². The highest BCUT2D eigenvalue weighted by molar-refractivity contribution is 8.00. The molecule has 1 N–H and O–H groups in total. The first kappa shape index (κ1) is 19.1. The zero-order valence-electron chi connectivity index (χ0n) is 15.2. The molecule has 136 valence electrons. The van der Waals surface area contributed by atoms with Gasteiger partial charge >= 0.3 is 0 Å². The van der Waals surface area contributed by atoms with Crippen molar-refractivity contribution in [3.8, 4) is 16.6 Å². The molecular weight excluding hydrogens is 376 g/mol. The van der Waals surface area contributed by atoms with Gasteiger partial charge in [0, 0.05) is 28.5 Å². The first-order valence-corrected chi connectivity index (χ1v) is 10.2. The molecular formula is C20H18N4OS2. The van der Waals surface area contributed by atoms with E-state index in [2.05, 4.69) is 21.4 Å². The number of benzene rings is 1. The number of nitrogens with one attached hydrogen (secondary N) is 1. The zero-order valence-corrected chi connectivity index (χ0v) is 16.9. The molecule has 2 aromatic heterocycles. The number of amides is 1. The molecule has 0 saturated heterocycles. The maximum atomic E-state index is 12.3. The second kappa shape index (κ2) is 8.33. The lowest BCUT2D eigenvalue weighted by molar-refractivity contribution is -0.113. The normalized spacial score (nSPS) is 10.4. The molecule has 7 heteroatoms. The van der Waals surface area contributed by atoms with Gasteiger partial charge in [0.25, 0.3) is 0 Å². The minimum atomic E-state index is -0.136. The summed E-state index contributed by atoms with van der Waals surface area (Å²) in [6.07, 6.45) is 1.77. The van der Waals surface area contributed by atoms with Gasteiger partial charge in [-0.1, -0.05) is 11.8 Å². The molecule has 27 heavy (non-hydrogen) atoms. The van der Waals surface area contributed by atoms with Crippen LogP contribution in [-0.4, -0.2) is 21.6 Å². The van der Waals surface area contributed by atoms with Crippen LogP contribution in [0.1, 0.15) is 22.4 Å². The summed E-state index contributed by atoms with van der Waals surface area (Å²) < 4.78 is 0. The molecule has 0 atom stereocenters. The van der Waals surface area contributed by atoms with Crippen molar-refractivity contribution in [1.29, 1.82) is 5.26 Å². The average molecular weight is 395 g/mol. The summed E-state index contributed by atoms with van der Waals surface area (Å²) in [5.41, 5.74) is 5.11. The maximum absolute atomic E-state index is 12.3. The van der Waals surface area contributed by atoms with Crippen LogP contribution in [0.25, 0.3) is 10.6 Å². The van der Waals surface area contributed by atoms with Gasteiger partial charge in [0.1, 0.15) is 16.1 Å². The lowest BCUT2D eigenvalue weighted by Crippen LogP contribution is -2.14. The van der Waals surface area contributed by atoms with Gasteiger partial charge in [-0.05, 0) is 56.2 Å². The molecule has 0 aliphatic carbocycles. The number of aromatic nitrogens is 2. The highest BCUT2D eigenvalue weighted by atomic mass is 32.2.